The van der Waals surface area contributed by atoms with E-state index < -0.39 is 0 Å². The topological polar surface area (TPSA) is 54.8 Å². The average Bonchev–Trinajstić information content (AvgIpc) is 3.30. The number of nitrogens with zero attached hydrogens (tertiary/aromatic N) is 3. The molecule has 0 spiro atoms. The fraction of sp³-hybridized carbons (Fsp3) is 0.500. The van der Waals surface area contributed by atoms with Crippen molar-refractivity contribution in [2.24, 2.45) is 0 Å². The molecule has 2 heterocycles. The lowest BCUT2D eigenvalue weighted by Crippen LogP contribution is -2.44. The Morgan fingerprint density at radius 2 is 1.87 bits per heavy atom. The Morgan fingerprint density at radius 1 is 1.17 bits per heavy atom. The van der Waals surface area contributed by atoms with Gasteiger partial charge in [0.05, 0.1) is 19.7 Å². The fourth-order valence-corrected chi connectivity index (χ4v) is 4.32. The summed E-state index contributed by atoms with van der Waals surface area (Å²) in [4.78, 5) is 29.2. The zero-order chi connectivity index (χ0) is 21.8. The molecule has 0 saturated carbocycles. The van der Waals surface area contributed by atoms with Gasteiger partial charge in [-0.15, -0.1) is 0 Å². The number of likely N-dealkylation sites (N-methyl/N-ethyl adjacent to an activating group) is 1. The molecule has 1 saturated heterocycles. The largest absolute Gasteiger partial charge is 0.497 e. The van der Waals surface area contributed by atoms with Crippen LogP contribution < -0.4 is 4.74 Å². The quantitative estimate of drug-likeness (QED) is 0.627. The summed E-state index contributed by atoms with van der Waals surface area (Å²) in [6.07, 6.45) is 2.67. The Hall–Kier alpha value is -2.60. The van der Waals surface area contributed by atoms with Crippen LogP contribution in [0.2, 0.25) is 0 Å². The van der Waals surface area contributed by atoms with Gasteiger partial charge in [-0.2, -0.15) is 0 Å². The van der Waals surface area contributed by atoms with Gasteiger partial charge in [-0.25, -0.2) is 0 Å². The second-order valence-electron chi connectivity index (χ2n) is 8.32. The Bertz CT molecular complexity index is 899. The van der Waals surface area contributed by atoms with Crippen LogP contribution in [-0.2, 0) is 17.8 Å². The van der Waals surface area contributed by atoms with Crippen molar-refractivity contribution in [2.75, 3.05) is 34.3 Å². The molecule has 1 atom stereocenters. The highest BCUT2D eigenvalue weighted by Gasteiger charge is 2.33. The van der Waals surface area contributed by atoms with Gasteiger partial charge in [0.15, 0.2) is 5.78 Å². The first-order valence-corrected chi connectivity index (χ1v) is 10.6. The summed E-state index contributed by atoms with van der Waals surface area (Å²) in [6.45, 7) is 5.98. The molecule has 1 aliphatic rings. The number of hydrogen-bond donors (Lipinski definition) is 0. The molecule has 1 amide bonds. The third-order valence-corrected chi connectivity index (χ3v) is 6.09. The smallest absolute Gasteiger partial charge is 0.239 e. The predicted octanol–water partition coefficient (Wildman–Crippen LogP) is 3.09. The lowest BCUT2D eigenvalue weighted by Gasteiger charge is -2.25. The number of aromatic nitrogens is 1. The number of Topliss-reactive ketones (excluding diaryl/α,β-unsaturated/α-hetero) is 1. The minimum absolute atomic E-state index is 0.0882. The first kappa shape index (κ1) is 22.1. The lowest BCUT2D eigenvalue weighted by atomic mass is 10.1. The number of benzene rings is 1. The molecule has 1 unspecified atom stereocenters. The molecule has 0 bridgehead atoms. The molecule has 1 fully saturated rings. The Morgan fingerprint density at radius 3 is 2.50 bits per heavy atom. The maximum Gasteiger partial charge on any atom is 0.239 e. The molecular weight excluding hydrogens is 378 g/mol. The van der Waals surface area contributed by atoms with Gasteiger partial charge < -0.3 is 14.2 Å². The maximum absolute atomic E-state index is 13.1. The van der Waals surface area contributed by atoms with Crippen molar-refractivity contribution >= 4 is 11.7 Å². The molecule has 162 valence electrons. The molecule has 0 aliphatic carbocycles. The third-order valence-electron chi connectivity index (χ3n) is 6.09. The number of ether oxygens (including phenoxy) is 1. The summed E-state index contributed by atoms with van der Waals surface area (Å²) in [7, 11) is 5.22. The van der Waals surface area contributed by atoms with Crippen molar-refractivity contribution in [3.63, 3.8) is 0 Å². The number of amides is 1. The van der Waals surface area contributed by atoms with E-state index in [0.29, 0.717) is 6.54 Å². The lowest BCUT2D eigenvalue weighted by molar-refractivity contribution is -0.133. The van der Waals surface area contributed by atoms with Crippen LogP contribution >= 0.6 is 0 Å². The zero-order valence-corrected chi connectivity index (χ0v) is 18.8. The first-order chi connectivity index (χ1) is 14.3. The molecule has 1 aliphatic heterocycles. The van der Waals surface area contributed by atoms with Crippen LogP contribution in [0.3, 0.4) is 0 Å². The van der Waals surface area contributed by atoms with Gasteiger partial charge in [-0.1, -0.05) is 12.1 Å². The minimum atomic E-state index is -0.178. The van der Waals surface area contributed by atoms with Crippen molar-refractivity contribution in [3.8, 4) is 5.75 Å². The van der Waals surface area contributed by atoms with E-state index in [4.69, 9.17) is 4.74 Å². The average molecular weight is 412 g/mol. The molecule has 1 aromatic carbocycles. The van der Waals surface area contributed by atoms with Gasteiger partial charge in [0.25, 0.3) is 0 Å². The van der Waals surface area contributed by atoms with Crippen LogP contribution in [0.15, 0.2) is 30.3 Å². The number of rotatable bonds is 8. The van der Waals surface area contributed by atoms with Crippen molar-refractivity contribution in [1.82, 2.24) is 14.4 Å². The van der Waals surface area contributed by atoms with Crippen LogP contribution in [0.1, 0.15) is 40.2 Å². The van der Waals surface area contributed by atoms with Crippen LogP contribution in [0.25, 0.3) is 0 Å². The second kappa shape index (κ2) is 9.47. The van der Waals surface area contributed by atoms with Crippen molar-refractivity contribution in [3.05, 3.63) is 52.8 Å². The predicted molar refractivity (Wildman–Crippen MR) is 118 cm³/mol. The minimum Gasteiger partial charge on any atom is -0.497 e. The monoisotopic (exact) mass is 411 g/mol. The van der Waals surface area contributed by atoms with Gasteiger partial charge in [-0.3, -0.25) is 14.5 Å². The molecule has 1 aromatic heterocycles. The summed E-state index contributed by atoms with van der Waals surface area (Å²) >= 11 is 0. The van der Waals surface area contributed by atoms with E-state index in [-0.39, 0.29) is 17.7 Å². The second-order valence-corrected chi connectivity index (χ2v) is 8.32. The summed E-state index contributed by atoms with van der Waals surface area (Å²) in [6, 6.07) is 9.91. The molecule has 3 rings (SSSR count). The molecule has 6 heteroatoms. The van der Waals surface area contributed by atoms with E-state index in [1.165, 1.54) is 5.56 Å². The highest BCUT2D eigenvalue weighted by Crippen LogP contribution is 2.22. The van der Waals surface area contributed by atoms with Gasteiger partial charge in [-0.05, 0) is 63.4 Å². The number of ketones is 1. The van der Waals surface area contributed by atoms with E-state index in [1.807, 2.05) is 36.9 Å². The van der Waals surface area contributed by atoms with E-state index >= 15 is 0 Å². The fourth-order valence-electron chi connectivity index (χ4n) is 4.32. The van der Waals surface area contributed by atoms with Gasteiger partial charge in [0, 0.05) is 37.6 Å². The molecule has 6 nitrogen and oxygen atoms in total. The number of carbonyl (C=O) groups excluding carboxylic acids is 2. The molecule has 30 heavy (non-hydrogen) atoms. The van der Waals surface area contributed by atoms with Crippen molar-refractivity contribution in [2.45, 2.75) is 45.7 Å². The van der Waals surface area contributed by atoms with Crippen LogP contribution in [0.4, 0.5) is 0 Å². The summed E-state index contributed by atoms with van der Waals surface area (Å²) in [5.41, 5.74) is 4.09. The zero-order valence-electron chi connectivity index (χ0n) is 18.8. The summed E-state index contributed by atoms with van der Waals surface area (Å²) < 4.78 is 7.43. The Labute approximate surface area is 179 Å². The summed E-state index contributed by atoms with van der Waals surface area (Å²) in [5.74, 6) is 1.04. The normalized spacial score (nSPS) is 16.6. The number of methoxy groups -OCH3 is 1. The van der Waals surface area contributed by atoms with Gasteiger partial charge >= 0.3 is 0 Å². The molecule has 0 radical (unpaired) electrons. The third kappa shape index (κ3) is 4.75. The van der Waals surface area contributed by atoms with E-state index in [0.717, 1.165) is 55.1 Å². The maximum atomic E-state index is 13.1. The van der Waals surface area contributed by atoms with Gasteiger partial charge in [0.2, 0.25) is 5.91 Å². The summed E-state index contributed by atoms with van der Waals surface area (Å²) in [5, 5.41) is 0. The molecular formula is C24H33N3O3. The highest BCUT2D eigenvalue weighted by atomic mass is 16.5. The Balaban J connectivity index is 1.68. The Kier molecular flexibility index (Phi) is 6.98. The van der Waals surface area contributed by atoms with E-state index in [9.17, 15) is 9.59 Å². The molecule has 2 aromatic rings. The molecule has 0 N–H and O–H groups in total. The van der Waals surface area contributed by atoms with Crippen LogP contribution in [-0.4, -0.2) is 66.4 Å². The number of carbonyl (C=O) groups is 2. The number of hydrogen-bond acceptors (Lipinski definition) is 4. The van der Waals surface area contributed by atoms with Crippen LogP contribution in [0, 0.1) is 13.8 Å². The van der Waals surface area contributed by atoms with Crippen molar-refractivity contribution in [1.29, 1.82) is 0 Å². The first-order valence-electron chi connectivity index (χ1n) is 10.6. The number of likely N-dealkylation sites (tertiary alicyclic amines) is 1. The van der Waals surface area contributed by atoms with Gasteiger partial charge in [0.1, 0.15) is 5.75 Å². The SMILES string of the molecule is COc1ccc(CCn2c(C)cc(C(=O)CN3CCCC3C(=O)N(C)C)c2C)cc1. The van der Waals surface area contributed by atoms with Crippen LogP contribution in [0.5, 0.6) is 5.75 Å². The van der Waals surface area contributed by atoms with E-state index in [1.54, 1.807) is 26.1 Å². The number of aryl methyl sites for hydroxylation is 2. The standard InChI is InChI=1S/C24H33N3O3/c1-17-15-21(23(28)16-26-13-6-7-22(26)24(29)25(3)4)18(2)27(17)14-12-19-8-10-20(30-5)11-9-19/h8-11,15,22H,6-7,12-14,16H2,1-5H3. The highest BCUT2D eigenvalue weighted by molar-refractivity contribution is 5.99. The van der Waals surface area contributed by atoms with Crippen molar-refractivity contribution < 1.29 is 14.3 Å². The van der Waals surface area contributed by atoms with E-state index in [2.05, 4.69) is 16.7 Å².